The Morgan fingerprint density at radius 3 is 2.56 bits per heavy atom. The van der Waals surface area contributed by atoms with Gasteiger partial charge in [0, 0.05) is 24.3 Å². The van der Waals surface area contributed by atoms with Crippen LogP contribution in [0.4, 0.5) is 11.4 Å². The molecular weight excluding hydrogens is 316 g/mol. The van der Waals surface area contributed by atoms with Crippen molar-refractivity contribution in [2.24, 2.45) is 5.92 Å². The zero-order chi connectivity index (χ0) is 18.0. The molecule has 2 aromatic carbocycles. The number of nitrogens with zero attached hydrogens (tertiary/aromatic N) is 1. The average molecular weight is 338 g/mol. The Hall–Kier alpha value is -2.82. The Morgan fingerprint density at radius 2 is 1.88 bits per heavy atom. The van der Waals surface area contributed by atoms with Crippen LogP contribution in [0.1, 0.15) is 17.5 Å². The summed E-state index contributed by atoms with van der Waals surface area (Å²) in [6.07, 6.45) is 0.225. The summed E-state index contributed by atoms with van der Waals surface area (Å²) in [5, 5.41) is 2.97. The maximum absolute atomic E-state index is 12.6. The third kappa shape index (κ3) is 3.50. The van der Waals surface area contributed by atoms with Gasteiger partial charge in [0.2, 0.25) is 11.8 Å². The van der Waals surface area contributed by atoms with E-state index in [9.17, 15) is 9.59 Å². The largest absolute Gasteiger partial charge is 0.497 e. The third-order valence-electron chi connectivity index (χ3n) is 4.74. The van der Waals surface area contributed by atoms with E-state index >= 15 is 0 Å². The summed E-state index contributed by atoms with van der Waals surface area (Å²) in [7, 11) is 1.60. The van der Waals surface area contributed by atoms with Crippen molar-refractivity contribution in [2.45, 2.75) is 20.3 Å². The van der Waals surface area contributed by atoms with Gasteiger partial charge in [-0.25, -0.2) is 0 Å². The second-order valence-corrected chi connectivity index (χ2v) is 6.34. The summed E-state index contributed by atoms with van der Waals surface area (Å²) in [5.41, 5.74) is 3.76. The van der Waals surface area contributed by atoms with Crippen molar-refractivity contribution in [3.05, 3.63) is 53.6 Å². The van der Waals surface area contributed by atoms with Crippen molar-refractivity contribution in [1.82, 2.24) is 0 Å². The zero-order valence-corrected chi connectivity index (χ0v) is 14.7. The van der Waals surface area contributed by atoms with Crippen LogP contribution in [0.3, 0.4) is 0 Å². The lowest BCUT2D eigenvalue weighted by Gasteiger charge is -2.17. The number of ether oxygens (including phenoxy) is 1. The number of methoxy groups -OCH3 is 1. The Morgan fingerprint density at radius 1 is 1.16 bits per heavy atom. The number of carbonyl (C=O) groups excluding carboxylic acids is 2. The van der Waals surface area contributed by atoms with Crippen LogP contribution in [-0.2, 0) is 9.59 Å². The van der Waals surface area contributed by atoms with Gasteiger partial charge in [-0.2, -0.15) is 0 Å². The molecule has 1 fully saturated rings. The van der Waals surface area contributed by atoms with Gasteiger partial charge in [0.05, 0.1) is 13.0 Å². The molecule has 1 atom stereocenters. The fourth-order valence-corrected chi connectivity index (χ4v) is 3.02. The third-order valence-corrected chi connectivity index (χ3v) is 4.74. The summed E-state index contributed by atoms with van der Waals surface area (Å²) in [4.78, 5) is 26.6. The van der Waals surface area contributed by atoms with Crippen LogP contribution < -0.4 is 15.0 Å². The second kappa shape index (κ2) is 6.97. The van der Waals surface area contributed by atoms with Gasteiger partial charge in [0.1, 0.15) is 5.75 Å². The van der Waals surface area contributed by atoms with E-state index in [1.807, 2.05) is 56.3 Å². The minimum absolute atomic E-state index is 0.0359. The van der Waals surface area contributed by atoms with Crippen molar-refractivity contribution in [3.63, 3.8) is 0 Å². The van der Waals surface area contributed by atoms with Gasteiger partial charge in [-0.1, -0.05) is 12.1 Å². The number of carbonyl (C=O) groups is 2. The molecule has 0 saturated carbocycles. The van der Waals surface area contributed by atoms with Gasteiger partial charge >= 0.3 is 0 Å². The molecule has 1 heterocycles. The number of hydrogen-bond acceptors (Lipinski definition) is 3. The Balaban J connectivity index is 1.71. The number of benzene rings is 2. The highest BCUT2D eigenvalue weighted by molar-refractivity contribution is 6.03. The van der Waals surface area contributed by atoms with E-state index in [2.05, 4.69) is 5.32 Å². The highest BCUT2D eigenvalue weighted by Crippen LogP contribution is 2.28. The molecule has 0 unspecified atom stereocenters. The first-order valence-corrected chi connectivity index (χ1v) is 8.31. The van der Waals surface area contributed by atoms with Crippen molar-refractivity contribution < 1.29 is 14.3 Å². The van der Waals surface area contributed by atoms with E-state index in [0.29, 0.717) is 6.54 Å². The first-order chi connectivity index (χ1) is 12.0. The van der Waals surface area contributed by atoms with Gasteiger partial charge < -0.3 is 15.0 Å². The van der Waals surface area contributed by atoms with Crippen LogP contribution >= 0.6 is 0 Å². The van der Waals surface area contributed by atoms with E-state index in [1.165, 1.54) is 0 Å². The highest BCUT2D eigenvalue weighted by Gasteiger charge is 2.35. The number of hydrogen-bond donors (Lipinski definition) is 1. The summed E-state index contributed by atoms with van der Waals surface area (Å²) in [5.74, 6) is 0.235. The molecule has 5 nitrogen and oxygen atoms in total. The molecule has 0 aliphatic carbocycles. The lowest BCUT2D eigenvalue weighted by Crippen LogP contribution is -2.28. The lowest BCUT2D eigenvalue weighted by molar-refractivity contribution is -0.122. The molecule has 0 spiro atoms. The summed E-state index contributed by atoms with van der Waals surface area (Å²) in [6, 6.07) is 13.1. The molecule has 3 rings (SSSR count). The first-order valence-electron chi connectivity index (χ1n) is 8.31. The predicted molar refractivity (Wildman–Crippen MR) is 98.0 cm³/mol. The molecule has 1 N–H and O–H groups in total. The van der Waals surface area contributed by atoms with Gasteiger partial charge in [0.25, 0.3) is 0 Å². The van der Waals surface area contributed by atoms with Crippen LogP contribution in [0.15, 0.2) is 42.5 Å². The van der Waals surface area contributed by atoms with E-state index in [1.54, 1.807) is 12.0 Å². The molecule has 130 valence electrons. The second-order valence-electron chi connectivity index (χ2n) is 6.34. The molecule has 5 heteroatoms. The number of nitrogens with one attached hydrogen (secondary N) is 1. The Kier molecular flexibility index (Phi) is 4.74. The van der Waals surface area contributed by atoms with E-state index in [0.717, 1.165) is 28.3 Å². The number of amides is 2. The molecule has 0 bridgehead atoms. The monoisotopic (exact) mass is 338 g/mol. The van der Waals surface area contributed by atoms with Crippen LogP contribution in [0.5, 0.6) is 5.75 Å². The van der Waals surface area contributed by atoms with Crippen LogP contribution in [0.25, 0.3) is 0 Å². The van der Waals surface area contributed by atoms with Gasteiger partial charge in [-0.15, -0.1) is 0 Å². The molecule has 1 aliphatic rings. The smallest absolute Gasteiger partial charge is 0.229 e. The van der Waals surface area contributed by atoms with Gasteiger partial charge in [-0.05, 0) is 55.3 Å². The minimum atomic E-state index is -0.352. The molecular formula is C20H22N2O3. The van der Waals surface area contributed by atoms with Crippen LogP contribution in [-0.4, -0.2) is 25.5 Å². The predicted octanol–water partition coefficient (Wildman–Crippen LogP) is 3.30. The minimum Gasteiger partial charge on any atom is -0.497 e. The quantitative estimate of drug-likeness (QED) is 0.930. The average Bonchev–Trinajstić information content (AvgIpc) is 3.01. The molecule has 0 aromatic heterocycles. The first kappa shape index (κ1) is 17.0. The SMILES string of the molecule is COc1ccc(N2C[C@@H](C(=O)Nc3cccc(C)c3C)CC2=O)cc1. The Bertz CT molecular complexity index is 799. The molecule has 2 amide bonds. The normalized spacial score (nSPS) is 16.8. The fourth-order valence-electron chi connectivity index (χ4n) is 3.02. The number of aryl methyl sites for hydroxylation is 1. The van der Waals surface area contributed by atoms with Crippen LogP contribution in [0, 0.1) is 19.8 Å². The van der Waals surface area contributed by atoms with Crippen molar-refractivity contribution >= 4 is 23.2 Å². The summed E-state index contributed by atoms with van der Waals surface area (Å²) >= 11 is 0. The van der Waals surface area contributed by atoms with Crippen LogP contribution in [0.2, 0.25) is 0 Å². The van der Waals surface area contributed by atoms with Crippen molar-refractivity contribution in [1.29, 1.82) is 0 Å². The topological polar surface area (TPSA) is 58.6 Å². The molecule has 1 saturated heterocycles. The molecule has 0 radical (unpaired) electrons. The molecule has 1 aliphatic heterocycles. The summed E-state index contributed by atoms with van der Waals surface area (Å²) < 4.78 is 5.14. The van der Waals surface area contributed by atoms with Gasteiger partial charge in [0.15, 0.2) is 0 Å². The lowest BCUT2D eigenvalue weighted by atomic mass is 10.1. The van der Waals surface area contributed by atoms with E-state index < -0.39 is 0 Å². The van der Waals surface area contributed by atoms with Gasteiger partial charge in [-0.3, -0.25) is 9.59 Å². The maximum atomic E-state index is 12.6. The number of anilines is 2. The Labute approximate surface area is 147 Å². The van der Waals surface area contributed by atoms with E-state index in [-0.39, 0.29) is 24.2 Å². The molecule has 25 heavy (non-hydrogen) atoms. The van der Waals surface area contributed by atoms with Crippen molar-refractivity contribution in [3.8, 4) is 5.75 Å². The highest BCUT2D eigenvalue weighted by atomic mass is 16.5. The van der Waals surface area contributed by atoms with E-state index in [4.69, 9.17) is 4.74 Å². The summed E-state index contributed by atoms with van der Waals surface area (Å²) in [6.45, 7) is 4.38. The zero-order valence-electron chi connectivity index (χ0n) is 14.7. The fraction of sp³-hybridized carbons (Fsp3) is 0.300. The standard InChI is InChI=1S/C20H22N2O3/c1-13-5-4-6-18(14(13)2)21-20(24)15-11-19(23)22(12-15)16-7-9-17(25-3)10-8-16/h4-10,15H,11-12H2,1-3H3,(H,21,24)/t15-/m0/s1. The maximum Gasteiger partial charge on any atom is 0.229 e. The molecule has 2 aromatic rings. The number of rotatable bonds is 4. The van der Waals surface area contributed by atoms with Crippen molar-refractivity contribution in [2.75, 3.05) is 23.9 Å².